The predicted molar refractivity (Wildman–Crippen MR) is 72.5 cm³/mol. The van der Waals surface area contributed by atoms with E-state index in [-0.39, 0.29) is 0 Å². The first-order valence-corrected chi connectivity index (χ1v) is 7.26. The van der Waals surface area contributed by atoms with Gasteiger partial charge in [-0.2, -0.15) is 0 Å². The number of hydrogen-bond donors (Lipinski definition) is 0. The van der Waals surface area contributed by atoms with Crippen molar-refractivity contribution in [2.75, 3.05) is 26.7 Å². The van der Waals surface area contributed by atoms with E-state index in [1.165, 1.54) is 26.1 Å². The SMILES string of the molecule is CCCc1ccc(CN2C[C@H]3CCN(C)[C@H]3C2)o1. The Kier molecular flexibility index (Phi) is 3.44. The first kappa shape index (κ1) is 12.2. The zero-order valence-corrected chi connectivity index (χ0v) is 11.6. The third kappa shape index (κ3) is 2.34. The van der Waals surface area contributed by atoms with Crippen LogP contribution in [0, 0.1) is 5.92 Å². The van der Waals surface area contributed by atoms with Crippen LogP contribution in [0.2, 0.25) is 0 Å². The molecule has 1 aromatic heterocycles. The zero-order chi connectivity index (χ0) is 12.5. The number of likely N-dealkylation sites (tertiary alicyclic amines) is 2. The minimum atomic E-state index is 0.787. The summed E-state index contributed by atoms with van der Waals surface area (Å²) in [7, 11) is 2.26. The largest absolute Gasteiger partial charge is 0.465 e. The number of nitrogens with zero attached hydrogens (tertiary/aromatic N) is 2. The van der Waals surface area contributed by atoms with Gasteiger partial charge in [-0.3, -0.25) is 4.90 Å². The lowest BCUT2D eigenvalue weighted by Crippen LogP contribution is -2.31. The van der Waals surface area contributed by atoms with Gasteiger partial charge in [0.2, 0.25) is 0 Å². The summed E-state index contributed by atoms with van der Waals surface area (Å²) in [6, 6.07) is 5.08. The van der Waals surface area contributed by atoms with Gasteiger partial charge in [-0.25, -0.2) is 0 Å². The monoisotopic (exact) mass is 248 g/mol. The third-order valence-corrected chi connectivity index (χ3v) is 4.49. The number of aryl methyl sites for hydroxylation is 1. The quantitative estimate of drug-likeness (QED) is 0.815. The Labute approximate surface area is 110 Å². The summed E-state index contributed by atoms with van der Waals surface area (Å²) in [5.74, 6) is 3.17. The molecule has 2 fully saturated rings. The number of hydrogen-bond acceptors (Lipinski definition) is 3. The highest BCUT2D eigenvalue weighted by Crippen LogP contribution is 2.31. The normalized spacial score (nSPS) is 29.0. The molecule has 3 rings (SSSR count). The van der Waals surface area contributed by atoms with E-state index in [1.807, 2.05) is 0 Å². The van der Waals surface area contributed by atoms with Gasteiger partial charge in [-0.15, -0.1) is 0 Å². The molecule has 0 bridgehead atoms. The van der Waals surface area contributed by atoms with Crippen LogP contribution in [0.15, 0.2) is 16.5 Å². The van der Waals surface area contributed by atoms with Crippen LogP contribution >= 0.6 is 0 Å². The maximum absolute atomic E-state index is 5.88. The van der Waals surface area contributed by atoms with Gasteiger partial charge in [0.15, 0.2) is 0 Å². The Morgan fingerprint density at radius 2 is 2.11 bits per heavy atom. The summed E-state index contributed by atoms with van der Waals surface area (Å²) in [6.45, 7) is 6.93. The van der Waals surface area contributed by atoms with E-state index in [9.17, 15) is 0 Å². The highest BCUT2D eigenvalue weighted by Gasteiger charge is 2.39. The molecule has 2 atom stereocenters. The van der Waals surface area contributed by atoms with Crippen molar-refractivity contribution in [3.8, 4) is 0 Å². The standard InChI is InChI=1S/C15H24N2O/c1-3-4-13-5-6-14(18-13)10-17-9-12-7-8-16(2)15(12)11-17/h5-6,12,15H,3-4,7-11H2,1-2H3/t12-,15+/m1/s1. The van der Waals surface area contributed by atoms with Crippen LogP contribution in [0.4, 0.5) is 0 Å². The summed E-state index contributed by atoms with van der Waals surface area (Å²) in [5.41, 5.74) is 0. The van der Waals surface area contributed by atoms with E-state index >= 15 is 0 Å². The minimum absolute atomic E-state index is 0.787. The summed E-state index contributed by atoms with van der Waals surface area (Å²) in [5, 5.41) is 0. The molecule has 2 saturated heterocycles. The van der Waals surface area contributed by atoms with E-state index in [0.29, 0.717) is 0 Å². The van der Waals surface area contributed by atoms with Crippen LogP contribution in [0.1, 0.15) is 31.3 Å². The van der Waals surface area contributed by atoms with Crippen molar-refractivity contribution >= 4 is 0 Å². The van der Waals surface area contributed by atoms with E-state index in [1.54, 1.807) is 0 Å². The summed E-state index contributed by atoms with van der Waals surface area (Å²) >= 11 is 0. The Morgan fingerprint density at radius 1 is 1.28 bits per heavy atom. The van der Waals surface area contributed by atoms with Crippen LogP contribution in [-0.2, 0) is 13.0 Å². The van der Waals surface area contributed by atoms with Crippen LogP contribution in [-0.4, -0.2) is 42.5 Å². The summed E-state index contributed by atoms with van der Waals surface area (Å²) in [6.07, 6.45) is 3.59. The molecule has 100 valence electrons. The van der Waals surface area contributed by atoms with E-state index in [4.69, 9.17) is 4.42 Å². The number of fused-ring (bicyclic) bond motifs is 1. The lowest BCUT2D eigenvalue weighted by Gasteiger charge is -2.19. The molecule has 0 N–H and O–H groups in total. The molecule has 0 spiro atoms. The Morgan fingerprint density at radius 3 is 2.89 bits per heavy atom. The second-order valence-electron chi connectivity index (χ2n) is 5.91. The van der Waals surface area contributed by atoms with E-state index < -0.39 is 0 Å². The highest BCUT2D eigenvalue weighted by atomic mass is 16.3. The zero-order valence-electron chi connectivity index (χ0n) is 11.6. The van der Waals surface area contributed by atoms with Gasteiger partial charge >= 0.3 is 0 Å². The van der Waals surface area contributed by atoms with Crippen molar-refractivity contribution in [1.29, 1.82) is 0 Å². The second-order valence-corrected chi connectivity index (χ2v) is 5.91. The van der Waals surface area contributed by atoms with Crippen molar-refractivity contribution in [1.82, 2.24) is 9.80 Å². The highest BCUT2D eigenvalue weighted by molar-refractivity contribution is 5.08. The van der Waals surface area contributed by atoms with E-state index in [0.717, 1.165) is 42.9 Å². The molecule has 0 aliphatic carbocycles. The maximum Gasteiger partial charge on any atom is 0.118 e. The summed E-state index contributed by atoms with van der Waals surface area (Å²) < 4.78 is 5.88. The van der Waals surface area contributed by atoms with Crippen molar-refractivity contribution < 1.29 is 4.42 Å². The molecule has 2 aliphatic heterocycles. The Balaban J connectivity index is 1.57. The number of rotatable bonds is 4. The topological polar surface area (TPSA) is 19.6 Å². The average molecular weight is 248 g/mol. The van der Waals surface area contributed by atoms with Crippen molar-refractivity contribution in [3.63, 3.8) is 0 Å². The van der Waals surface area contributed by atoms with Gasteiger partial charge in [0.1, 0.15) is 11.5 Å². The van der Waals surface area contributed by atoms with Gasteiger partial charge in [0.25, 0.3) is 0 Å². The molecule has 0 unspecified atom stereocenters. The first-order chi connectivity index (χ1) is 8.76. The number of furan rings is 1. The van der Waals surface area contributed by atoms with Crippen LogP contribution < -0.4 is 0 Å². The maximum atomic E-state index is 5.88. The fourth-order valence-electron chi connectivity index (χ4n) is 3.50. The molecule has 0 amide bonds. The molecule has 3 heteroatoms. The fourth-order valence-corrected chi connectivity index (χ4v) is 3.50. The molecule has 1 aromatic rings. The van der Waals surface area contributed by atoms with Crippen LogP contribution in [0.5, 0.6) is 0 Å². The molecule has 0 radical (unpaired) electrons. The minimum Gasteiger partial charge on any atom is -0.465 e. The summed E-state index contributed by atoms with van der Waals surface area (Å²) in [4.78, 5) is 5.08. The molecule has 0 saturated carbocycles. The molecule has 3 heterocycles. The molecule has 18 heavy (non-hydrogen) atoms. The van der Waals surface area contributed by atoms with Gasteiger partial charge in [0.05, 0.1) is 6.54 Å². The molecular formula is C15H24N2O. The first-order valence-electron chi connectivity index (χ1n) is 7.26. The number of likely N-dealkylation sites (N-methyl/N-ethyl adjacent to an activating group) is 1. The van der Waals surface area contributed by atoms with Crippen molar-refractivity contribution in [2.24, 2.45) is 5.92 Å². The fraction of sp³-hybridized carbons (Fsp3) is 0.733. The van der Waals surface area contributed by atoms with Gasteiger partial charge in [-0.05, 0) is 44.5 Å². The van der Waals surface area contributed by atoms with Gasteiger partial charge in [-0.1, -0.05) is 6.92 Å². The van der Waals surface area contributed by atoms with E-state index in [2.05, 4.69) is 35.9 Å². The van der Waals surface area contributed by atoms with Gasteiger partial charge in [0, 0.05) is 25.6 Å². The average Bonchev–Trinajstić information content (AvgIpc) is 3.00. The lowest BCUT2D eigenvalue weighted by molar-refractivity contribution is 0.241. The Hall–Kier alpha value is -0.800. The van der Waals surface area contributed by atoms with Crippen LogP contribution in [0.3, 0.4) is 0 Å². The second kappa shape index (κ2) is 5.06. The van der Waals surface area contributed by atoms with Gasteiger partial charge < -0.3 is 9.32 Å². The molecular weight excluding hydrogens is 224 g/mol. The molecule has 0 aromatic carbocycles. The smallest absolute Gasteiger partial charge is 0.118 e. The van der Waals surface area contributed by atoms with Crippen LogP contribution in [0.25, 0.3) is 0 Å². The molecule has 2 aliphatic rings. The van der Waals surface area contributed by atoms with Crippen molar-refractivity contribution in [3.05, 3.63) is 23.7 Å². The van der Waals surface area contributed by atoms with Crippen molar-refractivity contribution in [2.45, 2.75) is 38.8 Å². The lowest BCUT2D eigenvalue weighted by atomic mass is 10.1. The predicted octanol–water partition coefficient (Wildman–Crippen LogP) is 2.37. The molecule has 3 nitrogen and oxygen atoms in total. The third-order valence-electron chi connectivity index (χ3n) is 4.49. The Bertz CT molecular complexity index is 401.